The Morgan fingerprint density at radius 1 is 1.08 bits per heavy atom. The minimum Gasteiger partial charge on any atom is -0.507 e. The first kappa shape index (κ1) is 17.0. The van der Waals surface area contributed by atoms with E-state index >= 15 is 0 Å². The Morgan fingerprint density at radius 3 is 2.28 bits per heavy atom. The predicted molar refractivity (Wildman–Crippen MR) is 82.3 cm³/mol. The van der Waals surface area contributed by atoms with Crippen LogP contribution in [0.2, 0.25) is 0 Å². The molecule has 3 rings (SSSR count). The van der Waals surface area contributed by atoms with Gasteiger partial charge in [-0.3, -0.25) is 4.79 Å². The zero-order chi connectivity index (χ0) is 18.2. The summed E-state index contributed by atoms with van der Waals surface area (Å²) >= 11 is 0. The molecular weight excluding hydrogens is 337 g/mol. The number of hydrogen-bond acceptors (Lipinski definition) is 4. The Hall–Kier alpha value is -2.80. The van der Waals surface area contributed by atoms with Crippen LogP contribution in [-0.4, -0.2) is 18.0 Å². The average Bonchev–Trinajstić information content (AvgIpc) is 2.92. The number of rotatable bonds is 3. The maximum Gasteiger partial charge on any atom is 0.416 e. The zero-order valence-corrected chi connectivity index (χ0v) is 13.0. The molecule has 7 heteroatoms. The van der Waals surface area contributed by atoms with Crippen molar-refractivity contribution in [3.8, 4) is 5.75 Å². The average molecular weight is 350 g/mol. The van der Waals surface area contributed by atoms with Crippen molar-refractivity contribution in [3.05, 3.63) is 71.3 Å². The van der Waals surface area contributed by atoms with Gasteiger partial charge < -0.3 is 14.6 Å². The molecular formula is C18H13F3O4. The Labute approximate surface area is 141 Å². The number of halogens is 3. The van der Waals surface area contributed by atoms with Crippen molar-refractivity contribution in [2.75, 3.05) is 7.11 Å². The lowest BCUT2D eigenvalue weighted by molar-refractivity contribution is -0.186. The first-order chi connectivity index (χ1) is 11.8. The quantitative estimate of drug-likeness (QED) is 0.914. The molecule has 0 spiro atoms. The fraction of sp³-hybridized carbons (Fsp3) is 0.167. The molecule has 0 saturated heterocycles. The molecule has 1 aliphatic rings. The lowest BCUT2D eigenvalue weighted by Gasteiger charge is -2.27. The largest absolute Gasteiger partial charge is 0.507 e. The maximum atomic E-state index is 12.7. The lowest BCUT2D eigenvalue weighted by Crippen LogP contribution is -2.35. The summed E-state index contributed by atoms with van der Waals surface area (Å²) in [6, 6.07) is 10.2. The number of carbonyl (C=O) groups excluding carboxylic acids is 1. The highest BCUT2D eigenvalue weighted by Crippen LogP contribution is 2.43. The van der Waals surface area contributed by atoms with Crippen molar-refractivity contribution in [2.45, 2.75) is 12.0 Å². The molecule has 0 aliphatic carbocycles. The lowest BCUT2D eigenvalue weighted by atomic mass is 10.0. The molecule has 2 aromatic carbocycles. The van der Waals surface area contributed by atoms with Gasteiger partial charge in [-0.05, 0) is 24.3 Å². The van der Waals surface area contributed by atoms with E-state index in [2.05, 4.69) is 0 Å². The summed E-state index contributed by atoms with van der Waals surface area (Å²) in [5, 5.41) is 10.0. The van der Waals surface area contributed by atoms with E-state index in [1.807, 2.05) is 0 Å². The van der Waals surface area contributed by atoms with Crippen LogP contribution in [0, 0.1) is 0 Å². The minimum atomic E-state index is -4.45. The van der Waals surface area contributed by atoms with Crippen LogP contribution >= 0.6 is 0 Å². The number of aromatic hydroxyl groups is 1. The summed E-state index contributed by atoms with van der Waals surface area (Å²) in [6.07, 6.45) is -3.32. The van der Waals surface area contributed by atoms with E-state index in [4.69, 9.17) is 9.47 Å². The fourth-order valence-corrected chi connectivity index (χ4v) is 2.61. The SMILES string of the molecule is COC1(c2ccccc2O)OC(c2ccc(C(F)(F)F)cc2)=CC1=O. The second kappa shape index (κ2) is 5.93. The maximum absolute atomic E-state index is 12.7. The molecule has 0 amide bonds. The van der Waals surface area contributed by atoms with Crippen LogP contribution in [0.5, 0.6) is 5.75 Å². The number of phenolic OH excluding ortho intramolecular Hbond substituents is 1. The topological polar surface area (TPSA) is 55.8 Å². The number of para-hydroxylation sites is 1. The number of phenols is 1. The monoisotopic (exact) mass is 350 g/mol. The first-order valence-corrected chi connectivity index (χ1v) is 7.24. The Kier molecular flexibility index (Phi) is 4.04. The second-order valence-corrected chi connectivity index (χ2v) is 5.39. The van der Waals surface area contributed by atoms with Crippen LogP contribution in [0.3, 0.4) is 0 Å². The number of carbonyl (C=O) groups is 1. The van der Waals surface area contributed by atoms with Crippen molar-refractivity contribution >= 4 is 11.5 Å². The molecule has 4 nitrogen and oxygen atoms in total. The number of methoxy groups -OCH3 is 1. The van der Waals surface area contributed by atoms with E-state index in [1.54, 1.807) is 12.1 Å². The Balaban J connectivity index is 1.96. The highest BCUT2D eigenvalue weighted by molar-refractivity contribution is 6.05. The summed E-state index contributed by atoms with van der Waals surface area (Å²) in [5.41, 5.74) is -0.406. The van der Waals surface area contributed by atoms with Crippen LogP contribution in [0.1, 0.15) is 16.7 Å². The van der Waals surface area contributed by atoms with Crippen LogP contribution in [0.15, 0.2) is 54.6 Å². The van der Waals surface area contributed by atoms with Gasteiger partial charge >= 0.3 is 12.0 Å². The molecule has 0 bridgehead atoms. The van der Waals surface area contributed by atoms with Gasteiger partial charge in [-0.1, -0.05) is 24.3 Å². The molecule has 1 unspecified atom stereocenters. The van der Waals surface area contributed by atoms with E-state index in [9.17, 15) is 23.1 Å². The van der Waals surface area contributed by atoms with E-state index in [-0.39, 0.29) is 22.6 Å². The second-order valence-electron chi connectivity index (χ2n) is 5.39. The summed E-state index contributed by atoms with van der Waals surface area (Å²) in [7, 11) is 1.24. The Morgan fingerprint density at radius 2 is 1.72 bits per heavy atom. The molecule has 1 aliphatic heterocycles. The molecule has 2 aromatic rings. The van der Waals surface area contributed by atoms with Crippen molar-refractivity contribution in [1.29, 1.82) is 0 Å². The third kappa shape index (κ3) is 2.87. The molecule has 0 radical (unpaired) electrons. The van der Waals surface area contributed by atoms with Crippen molar-refractivity contribution in [3.63, 3.8) is 0 Å². The third-order valence-corrected chi connectivity index (χ3v) is 3.88. The molecule has 25 heavy (non-hydrogen) atoms. The van der Waals surface area contributed by atoms with Crippen LogP contribution in [0.25, 0.3) is 5.76 Å². The smallest absolute Gasteiger partial charge is 0.416 e. The standard InChI is InChI=1S/C18H13F3O4/c1-24-17(13-4-2-3-5-14(13)22)16(23)10-15(25-17)11-6-8-12(9-7-11)18(19,20)21/h2-10,22H,1H3. The van der Waals surface area contributed by atoms with Gasteiger partial charge in [0.25, 0.3) is 0 Å². The van der Waals surface area contributed by atoms with E-state index in [0.717, 1.165) is 18.2 Å². The summed E-state index contributed by atoms with van der Waals surface area (Å²) in [5.74, 6) is -2.58. The molecule has 0 aromatic heterocycles. The van der Waals surface area contributed by atoms with Gasteiger partial charge in [0.15, 0.2) is 0 Å². The van der Waals surface area contributed by atoms with E-state index in [1.165, 1.54) is 31.4 Å². The summed E-state index contributed by atoms with van der Waals surface area (Å²) in [6.45, 7) is 0. The normalized spacial score (nSPS) is 20.3. The number of hydrogen-bond donors (Lipinski definition) is 1. The number of ketones is 1. The number of ether oxygens (including phenoxy) is 2. The Bertz CT molecular complexity index is 840. The van der Waals surface area contributed by atoms with E-state index in [0.29, 0.717) is 0 Å². The van der Waals surface area contributed by atoms with Gasteiger partial charge in [0.05, 0.1) is 11.1 Å². The highest BCUT2D eigenvalue weighted by atomic mass is 19.4. The van der Waals surface area contributed by atoms with Crippen molar-refractivity contribution < 1.29 is 32.5 Å². The molecule has 0 fully saturated rings. The molecule has 1 heterocycles. The van der Waals surface area contributed by atoms with Gasteiger partial charge in [0, 0.05) is 18.7 Å². The van der Waals surface area contributed by atoms with Gasteiger partial charge in [-0.25, -0.2) is 0 Å². The third-order valence-electron chi connectivity index (χ3n) is 3.88. The predicted octanol–water partition coefficient (Wildman–Crippen LogP) is 3.85. The van der Waals surface area contributed by atoms with Gasteiger partial charge in [0.1, 0.15) is 11.5 Å². The summed E-state index contributed by atoms with van der Waals surface area (Å²) in [4.78, 5) is 12.5. The van der Waals surface area contributed by atoms with Crippen molar-refractivity contribution in [2.24, 2.45) is 0 Å². The zero-order valence-electron chi connectivity index (χ0n) is 13.0. The molecule has 1 atom stereocenters. The van der Waals surface area contributed by atoms with E-state index < -0.39 is 23.3 Å². The first-order valence-electron chi connectivity index (χ1n) is 7.24. The minimum absolute atomic E-state index is 0.0591. The molecule has 1 N–H and O–H groups in total. The van der Waals surface area contributed by atoms with Crippen LogP contribution in [-0.2, 0) is 26.2 Å². The van der Waals surface area contributed by atoms with Gasteiger partial charge in [0.2, 0.25) is 5.78 Å². The number of alkyl halides is 3. The van der Waals surface area contributed by atoms with Gasteiger partial charge in [-0.2, -0.15) is 13.2 Å². The van der Waals surface area contributed by atoms with Crippen LogP contribution in [0.4, 0.5) is 13.2 Å². The van der Waals surface area contributed by atoms with Gasteiger partial charge in [-0.15, -0.1) is 0 Å². The molecule has 0 saturated carbocycles. The highest BCUT2D eigenvalue weighted by Gasteiger charge is 2.49. The summed E-state index contributed by atoms with van der Waals surface area (Å²) < 4.78 is 48.8. The number of benzene rings is 2. The fourth-order valence-electron chi connectivity index (χ4n) is 2.61. The van der Waals surface area contributed by atoms with Crippen molar-refractivity contribution in [1.82, 2.24) is 0 Å². The molecule has 130 valence electrons. The van der Waals surface area contributed by atoms with Crippen LogP contribution < -0.4 is 0 Å².